The third-order valence-corrected chi connectivity index (χ3v) is 2.90. The highest BCUT2D eigenvalue weighted by atomic mass is 16.5. The number of H-pyrrole nitrogens is 1. The van der Waals surface area contributed by atoms with Crippen molar-refractivity contribution in [3.05, 3.63) is 53.6 Å². The van der Waals surface area contributed by atoms with Gasteiger partial charge in [0.15, 0.2) is 11.3 Å². The zero-order chi connectivity index (χ0) is 13.9. The van der Waals surface area contributed by atoms with E-state index in [4.69, 9.17) is 4.74 Å². The molecule has 0 aliphatic heterocycles. The molecule has 3 aromatic rings. The van der Waals surface area contributed by atoms with Crippen molar-refractivity contribution in [2.24, 2.45) is 0 Å². The number of ether oxygens (including phenoxy) is 1. The normalized spacial score (nSPS) is 10.7. The van der Waals surface area contributed by atoms with Crippen LogP contribution in [0.3, 0.4) is 0 Å². The van der Waals surface area contributed by atoms with Gasteiger partial charge in [0.2, 0.25) is 0 Å². The molecule has 0 aliphatic rings. The number of nitrogens with zero attached hydrogens (tertiary/aromatic N) is 3. The monoisotopic (exact) mass is 268 g/mol. The molecule has 3 rings (SSSR count). The second-order valence-corrected chi connectivity index (χ2v) is 4.28. The second-order valence-electron chi connectivity index (χ2n) is 4.28. The number of carbonyl (C=O) groups is 1. The van der Waals surface area contributed by atoms with Gasteiger partial charge in [-0.3, -0.25) is 0 Å². The molecule has 2 heterocycles. The van der Waals surface area contributed by atoms with Crippen LogP contribution in [0.2, 0.25) is 0 Å². The zero-order valence-electron chi connectivity index (χ0n) is 10.8. The summed E-state index contributed by atoms with van der Waals surface area (Å²) in [7, 11) is 1.37. The van der Waals surface area contributed by atoms with Crippen molar-refractivity contribution in [1.82, 2.24) is 19.9 Å². The number of nitrogens with one attached hydrogen (secondary N) is 1. The maximum atomic E-state index is 11.5. The van der Waals surface area contributed by atoms with Crippen LogP contribution in [0.4, 0.5) is 0 Å². The minimum absolute atomic E-state index is 0.347. The topological polar surface area (TPSA) is 80.8 Å². The predicted octanol–water partition coefficient (Wildman–Crippen LogP) is 1.73. The molecular weight excluding hydrogens is 256 g/mol. The number of imidazole rings is 1. The van der Waals surface area contributed by atoms with E-state index in [0.29, 0.717) is 23.3 Å². The molecule has 1 aromatic carbocycles. The van der Waals surface area contributed by atoms with Crippen LogP contribution in [-0.4, -0.2) is 33.0 Å². The smallest absolute Gasteiger partial charge is 0.337 e. The largest absolute Gasteiger partial charge is 0.465 e. The molecule has 0 aliphatic carbocycles. The van der Waals surface area contributed by atoms with Crippen LogP contribution in [0.5, 0.6) is 0 Å². The first-order valence-corrected chi connectivity index (χ1v) is 6.09. The van der Waals surface area contributed by atoms with Crippen LogP contribution in [0.25, 0.3) is 11.3 Å². The molecule has 0 saturated heterocycles. The lowest BCUT2D eigenvalue weighted by atomic mass is 10.1. The Morgan fingerprint density at radius 2 is 2.15 bits per heavy atom. The standard InChI is InChI=1S/C14H12N4O2/c1-20-14(19)10-4-2-3-9(7-10)8-11-17-12-13(18-11)16-6-5-15-12/h2-7H,8H2,1H3,(H,15,16,17,18). The van der Waals surface area contributed by atoms with Gasteiger partial charge in [0.1, 0.15) is 5.82 Å². The van der Waals surface area contributed by atoms with Crippen LogP contribution < -0.4 is 0 Å². The number of methoxy groups -OCH3 is 1. The SMILES string of the molecule is COC(=O)c1cccc(Cc2nc3nccnc3[nH]2)c1. The molecule has 0 bridgehead atoms. The minimum Gasteiger partial charge on any atom is -0.465 e. The van der Waals surface area contributed by atoms with Crippen LogP contribution in [0.15, 0.2) is 36.7 Å². The lowest BCUT2D eigenvalue weighted by molar-refractivity contribution is 0.0600. The molecule has 6 heteroatoms. The van der Waals surface area contributed by atoms with Crippen LogP contribution in [-0.2, 0) is 11.2 Å². The summed E-state index contributed by atoms with van der Waals surface area (Å²) in [5, 5.41) is 0. The molecule has 0 radical (unpaired) electrons. The molecule has 0 amide bonds. The minimum atomic E-state index is -0.347. The van der Waals surface area contributed by atoms with Gasteiger partial charge in [-0.05, 0) is 17.7 Å². The summed E-state index contributed by atoms with van der Waals surface area (Å²) in [6.45, 7) is 0. The number of hydrogen-bond donors (Lipinski definition) is 1. The van der Waals surface area contributed by atoms with E-state index in [2.05, 4.69) is 19.9 Å². The Balaban J connectivity index is 1.88. The van der Waals surface area contributed by atoms with Gasteiger partial charge in [0, 0.05) is 18.8 Å². The van der Waals surface area contributed by atoms with Gasteiger partial charge in [-0.15, -0.1) is 0 Å². The third-order valence-electron chi connectivity index (χ3n) is 2.90. The number of carbonyl (C=O) groups excluding carboxylic acids is 1. The molecule has 0 fully saturated rings. The fourth-order valence-electron chi connectivity index (χ4n) is 2.00. The van der Waals surface area contributed by atoms with E-state index in [1.165, 1.54) is 7.11 Å². The van der Waals surface area contributed by atoms with Crippen molar-refractivity contribution in [2.45, 2.75) is 6.42 Å². The molecule has 2 aromatic heterocycles. The van der Waals surface area contributed by atoms with Crippen molar-refractivity contribution >= 4 is 17.3 Å². The van der Waals surface area contributed by atoms with Gasteiger partial charge in [0.05, 0.1) is 12.7 Å². The fourth-order valence-corrected chi connectivity index (χ4v) is 2.00. The Morgan fingerprint density at radius 3 is 2.95 bits per heavy atom. The number of esters is 1. The Morgan fingerprint density at radius 1 is 1.30 bits per heavy atom. The quantitative estimate of drug-likeness (QED) is 0.732. The number of benzene rings is 1. The van der Waals surface area contributed by atoms with Gasteiger partial charge >= 0.3 is 5.97 Å². The maximum absolute atomic E-state index is 11.5. The summed E-state index contributed by atoms with van der Waals surface area (Å²) in [6.07, 6.45) is 3.79. The number of rotatable bonds is 3. The van der Waals surface area contributed by atoms with Gasteiger partial charge in [0.25, 0.3) is 0 Å². The molecule has 0 atom stereocenters. The van der Waals surface area contributed by atoms with E-state index in [1.54, 1.807) is 24.5 Å². The van der Waals surface area contributed by atoms with E-state index in [0.717, 1.165) is 11.4 Å². The van der Waals surface area contributed by atoms with Gasteiger partial charge < -0.3 is 9.72 Å². The van der Waals surface area contributed by atoms with Crippen LogP contribution in [0, 0.1) is 0 Å². The lowest BCUT2D eigenvalue weighted by Crippen LogP contribution is -2.02. The number of hydrogen-bond acceptors (Lipinski definition) is 5. The number of aromatic nitrogens is 4. The Bertz CT molecular complexity index is 733. The highest BCUT2D eigenvalue weighted by molar-refractivity contribution is 5.89. The number of fused-ring (bicyclic) bond motifs is 1. The van der Waals surface area contributed by atoms with Crippen molar-refractivity contribution in [2.75, 3.05) is 7.11 Å². The van der Waals surface area contributed by atoms with Crippen molar-refractivity contribution in [3.63, 3.8) is 0 Å². The van der Waals surface area contributed by atoms with Gasteiger partial charge in [-0.2, -0.15) is 0 Å². The van der Waals surface area contributed by atoms with Crippen LogP contribution in [0.1, 0.15) is 21.7 Å². The van der Waals surface area contributed by atoms with E-state index >= 15 is 0 Å². The van der Waals surface area contributed by atoms with E-state index in [-0.39, 0.29) is 5.97 Å². The first kappa shape index (κ1) is 12.3. The highest BCUT2D eigenvalue weighted by Crippen LogP contribution is 2.12. The van der Waals surface area contributed by atoms with Gasteiger partial charge in [-0.1, -0.05) is 12.1 Å². The van der Waals surface area contributed by atoms with Crippen molar-refractivity contribution in [1.29, 1.82) is 0 Å². The molecule has 1 N–H and O–H groups in total. The van der Waals surface area contributed by atoms with E-state index < -0.39 is 0 Å². The Hall–Kier alpha value is -2.76. The summed E-state index contributed by atoms with van der Waals surface area (Å²) < 4.78 is 4.71. The third kappa shape index (κ3) is 2.35. The zero-order valence-corrected chi connectivity index (χ0v) is 10.8. The fraction of sp³-hybridized carbons (Fsp3) is 0.143. The first-order valence-electron chi connectivity index (χ1n) is 6.09. The van der Waals surface area contributed by atoms with E-state index in [9.17, 15) is 4.79 Å². The summed E-state index contributed by atoms with van der Waals surface area (Å²) >= 11 is 0. The Kier molecular flexibility index (Phi) is 3.12. The Labute approximate surface area is 114 Å². The summed E-state index contributed by atoms with van der Waals surface area (Å²) in [5.74, 6) is 0.410. The molecule has 6 nitrogen and oxygen atoms in total. The van der Waals surface area contributed by atoms with Gasteiger partial charge in [-0.25, -0.2) is 19.7 Å². The molecule has 0 spiro atoms. The average molecular weight is 268 g/mol. The second kappa shape index (κ2) is 5.08. The molecule has 100 valence electrons. The highest BCUT2D eigenvalue weighted by Gasteiger charge is 2.08. The predicted molar refractivity (Wildman–Crippen MR) is 72.3 cm³/mol. The molecule has 0 unspecified atom stereocenters. The first-order chi connectivity index (χ1) is 9.76. The molecule has 20 heavy (non-hydrogen) atoms. The maximum Gasteiger partial charge on any atom is 0.337 e. The van der Waals surface area contributed by atoms with Crippen molar-refractivity contribution in [3.8, 4) is 0 Å². The van der Waals surface area contributed by atoms with Crippen LogP contribution >= 0.6 is 0 Å². The average Bonchev–Trinajstić information content (AvgIpc) is 2.88. The molecule has 0 saturated carbocycles. The summed E-state index contributed by atoms with van der Waals surface area (Å²) in [5.41, 5.74) is 2.74. The van der Waals surface area contributed by atoms with E-state index in [1.807, 2.05) is 12.1 Å². The summed E-state index contributed by atoms with van der Waals surface area (Å²) in [6, 6.07) is 7.26. The number of aromatic amines is 1. The van der Waals surface area contributed by atoms with Crippen molar-refractivity contribution < 1.29 is 9.53 Å². The summed E-state index contributed by atoms with van der Waals surface area (Å²) in [4.78, 5) is 27.2. The lowest BCUT2D eigenvalue weighted by Gasteiger charge is -2.02. The molecular formula is C14H12N4O2.